The van der Waals surface area contributed by atoms with E-state index in [2.05, 4.69) is 10.4 Å². The van der Waals surface area contributed by atoms with Crippen LogP contribution in [0.2, 0.25) is 0 Å². The Morgan fingerprint density at radius 3 is 2.39 bits per heavy atom. The highest BCUT2D eigenvalue weighted by atomic mass is 16.5. The van der Waals surface area contributed by atoms with Crippen LogP contribution in [0.3, 0.4) is 0 Å². The molecule has 0 atom stereocenters. The SMILES string of the molecule is CCOC(=O)C1(NC(=O)c2ccc(Cn3nc(C)cc3C)cc2)CCCCC1. The first-order valence-corrected chi connectivity index (χ1v) is 10.0. The zero-order valence-corrected chi connectivity index (χ0v) is 17.0. The molecule has 0 spiro atoms. The van der Waals surface area contributed by atoms with Gasteiger partial charge in [-0.15, -0.1) is 0 Å². The zero-order chi connectivity index (χ0) is 20.1. The average Bonchev–Trinajstić information content (AvgIpc) is 3.00. The first-order chi connectivity index (χ1) is 13.4. The van der Waals surface area contributed by atoms with Crippen LogP contribution in [0.5, 0.6) is 0 Å². The number of aromatic nitrogens is 2. The molecular formula is C22H29N3O3. The molecule has 6 nitrogen and oxygen atoms in total. The molecular weight excluding hydrogens is 354 g/mol. The fourth-order valence-electron chi connectivity index (χ4n) is 3.86. The van der Waals surface area contributed by atoms with Crippen LogP contribution in [0, 0.1) is 13.8 Å². The van der Waals surface area contributed by atoms with Crippen molar-refractivity contribution in [3.8, 4) is 0 Å². The third kappa shape index (κ3) is 4.43. The van der Waals surface area contributed by atoms with E-state index in [1.807, 2.05) is 36.7 Å². The normalized spacial score (nSPS) is 15.8. The number of nitrogens with one attached hydrogen (secondary N) is 1. The maximum absolute atomic E-state index is 12.8. The molecule has 1 N–H and O–H groups in total. The van der Waals surface area contributed by atoms with Crippen LogP contribution >= 0.6 is 0 Å². The van der Waals surface area contributed by atoms with Crippen molar-refractivity contribution in [2.24, 2.45) is 0 Å². The summed E-state index contributed by atoms with van der Waals surface area (Å²) in [7, 11) is 0. The summed E-state index contributed by atoms with van der Waals surface area (Å²) < 4.78 is 7.20. The lowest BCUT2D eigenvalue weighted by molar-refractivity contribution is -0.152. The molecule has 1 heterocycles. The number of carbonyl (C=O) groups excluding carboxylic acids is 2. The van der Waals surface area contributed by atoms with Crippen molar-refractivity contribution in [1.29, 1.82) is 0 Å². The second-order valence-corrected chi connectivity index (χ2v) is 7.60. The number of amides is 1. The lowest BCUT2D eigenvalue weighted by Gasteiger charge is -2.35. The molecule has 150 valence electrons. The van der Waals surface area contributed by atoms with Crippen LogP contribution in [0.25, 0.3) is 0 Å². The Balaban J connectivity index is 1.71. The summed E-state index contributed by atoms with van der Waals surface area (Å²) in [6.45, 7) is 6.77. The Bertz CT molecular complexity index is 833. The van der Waals surface area contributed by atoms with E-state index in [1.165, 1.54) is 0 Å². The van der Waals surface area contributed by atoms with Gasteiger partial charge in [0.15, 0.2) is 0 Å². The van der Waals surface area contributed by atoms with E-state index < -0.39 is 5.54 Å². The Labute approximate surface area is 166 Å². The van der Waals surface area contributed by atoms with Gasteiger partial charge in [0.1, 0.15) is 5.54 Å². The summed E-state index contributed by atoms with van der Waals surface area (Å²) >= 11 is 0. The molecule has 1 aromatic carbocycles. The monoisotopic (exact) mass is 383 g/mol. The number of benzene rings is 1. The maximum atomic E-state index is 12.8. The third-order valence-electron chi connectivity index (χ3n) is 5.38. The second kappa shape index (κ2) is 8.59. The van der Waals surface area contributed by atoms with E-state index in [0.717, 1.165) is 36.2 Å². The van der Waals surface area contributed by atoms with E-state index in [9.17, 15) is 9.59 Å². The minimum atomic E-state index is -0.895. The Morgan fingerprint density at radius 1 is 1.14 bits per heavy atom. The molecule has 0 saturated heterocycles. The van der Waals surface area contributed by atoms with Crippen molar-refractivity contribution >= 4 is 11.9 Å². The van der Waals surface area contributed by atoms with Crippen molar-refractivity contribution in [3.63, 3.8) is 0 Å². The van der Waals surface area contributed by atoms with Gasteiger partial charge in [-0.1, -0.05) is 31.4 Å². The van der Waals surface area contributed by atoms with Crippen molar-refractivity contribution < 1.29 is 14.3 Å². The van der Waals surface area contributed by atoms with E-state index >= 15 is 0 Å². The Kier molecular flexibility index (Phi) is 6.17. The van der Waals surface area contributed by atoms with Crippen LogP contribution in [0.4, 0.5) is 0 Å². The highest BCUT2D eigenvalue weighted by Crippen LogP contribution is 2.30. The highest BCUT2D eigenvalue weighted by molar-refractivity contribution is 5.98. The maximum Gasteiger partial charge on any atom is 0.331 e. The van der Waals surface area contributed by atoms with Gasteiger partial charge in [-0.25, -0.2) is 4.79 Å². The molecule has 1 aliphatic rings. The molecule has 6 heteroatoms. The number of aryl methyl sites for hydroxylation is 2. The van der Waals surface area contributed by atoms with Crippen molar-refractivity contribution in [2.75, 3.05) is 6.61 Å². The Morgan fingerprint density at radius 2 is 1.82 bits per heavy atom. The van der Waals surface area contributed by atoms with Gasteiger partial charge in [-0.2, -0.15) is 5.10 Å². The number of ether oxygens (including phenoxy) is 1. The predicted molar refractivity (Wildman–Crippen MR) is 107 cm³/mol. The summed E-state index contributed by atoms with van der Waals surface area (Å²) in [4.78, 5) is 25.3. The topological polar surface area (TPSA) is 73.2 Å². The van der Waals surface area contributed by atoms with Gasteiger partial charge in [0.25, 0.3) is 5.91 Å². The fraction of sp³-hybridized carbons (Fsp3) is 0.500. The lowest BCUT2D eigenvalue weighted by Crippen LogP contribution is -2.56. The molecule has 0 bridgehead atoms. The van der Waals surface area contributed by atoms with Gasteiger partial charge in [0, 0.05) is 11.3 Å². The first-order valence-electron chi connectivity index (χ1n) is 10.0. The minimum absolute atomic E-state index is 0.229. The molecule has 3 rings (SSSR count). The molecule has 1 saturated carbocycles. The van der Waals surface area contributed by atoms with Crippen molar-refractivity contribution in [1.82, 2.24) is 15.1 Å². The fourth-order valence-corrected chi connectivity index (χ4v) is 3.86. The van der Waals surface area contributed by atoms with E-state index in [4.69, 9.17) is 4.74 Å². The molecule has 1 fully saturated rings. The number of rotatable bonds is 6. The van der Waals surface area contributed by atoms with E-state index in [0.29, 0.717) is 31.6 Å². The van der Waals surface area contributed by atoms with Gasteiger partial charge in [-0.3, -0.25) is 9.48 Å². The number of hydrogen-bond acceptors (Lipinski definition) is 4. The van der Waals surface area contributed by atoms with E-state index in [1.54, 1.807) is 19.1 Å². The van der Waals surface area contributed by atoms with Crippen LogP contribution in [-0.4, -0.2) is 33.8 Å². The smallest absolute Gasteiger partial charge is 0.331 e. The number of hydrogen-bond donors (Lipinski definition) is 1. The van der Waals surface area contributed by atoms with Crippen molar-refractivity contribution in [3.05, 3.63) is 52.8 Å². The summed E-state index contributed by atoms with van der Waals surface area (Å²) in [5.41, 5.74) is 2.82. The molecule has 2 aromatic rings. The summed E-state index contributed by atoms with van der Waals surface area (Å²) in [5.74, 6) is -0.545. The highest BCUT2D eigenvalue weighted by Gasteiger charge is 2.42. The number of esters is 1. The molecule has 0 radical (unpaired) electrons. The summed E-state index contributed by atoms with van der Waals surface area (Å²) in [6.07, 6.45) is 4.18. The van der Waals surface area contributed by atoms with Crippen molar-refractivity contribution in [2.45, 2.75) is 65.0 Å². The average molecular weight is 383 g/mol. The van der Waals surface area contributed by atoms with Crippen LogP contribution in [-0.2, 0) is 16.1 Å². The second-order valence-electron chi connectivity index (χ2n) is 7.60. The van der Waals surface area contributed by atoms with Gasteiger partial charge in [0.05, 0.1) is 18.8 Å². The van der Waals surface area contributed by atoms with Crippen LogP contribution in [0.1, 0.15) is 66.3 Å². The minimum Gasteiger partial charge on any atom is -0.464 e. The van der Waals surface area contributed by atoms with Gasteiger partial charge in [0.2, 0.25) is 0 Å². The molecule has 0 unspecified atom stereocenters. The van der Waals surface area contributed by atoms with E-state index in [-0.39, 0.29) is 11.9 Å². The number of carbonyl (C=O) groups is 2. The van der Waals surface area contributed by atoms with Gasteiger partial charge in [-0.05, 0) is 57.4 Å². The van der Waals surface area contributed by atoms with Gasteiger partial charge < -0.3 is 10.1 Å². The molecule has 1 aliphatic carbocycles. The molecule has 1 amide bonds. The molecule has 28 heavy (non-hydrogen) atoms. The summed E-state index contributed by atoms with van der Waals surface area (Å²) in [6, 6.07) is 9.52. The Hall–Kier alpha value is -2.63. The quantitative estimate of drug-likeness (QED) is 0.775. The van der Waals surface area contributed by atoms with Gasteiger partial charge >= 0.3 is 5.97 Å². The predicted octanol–water partition coefficient (Wildman–Crippen LogP) is 3.54. The zero-order valence-electron chi connectivity index (χ0n) is 17.0. The first kappa shape index (κ1) is 20.1. The number of nitrogens with zero attached hydrogens (tertiary/aromatic N) is 2. The third-order valence-corrected chi connectivity index (χ3v) is 5.38. The molecule has 1 aromatic heterocycles. The molecule has 0 aliphatic heterocycles. The largest absolute Gasteiger partial charge is 0.464 e. The van der Waals surface area contributed by atoms with Crippen LogP contribution < -0.4 is 5.32 Å². The summed E-state index contributed by atoms with van der Waals surface area (Å²) in [5, 5.41) is 7.46. The standard InChI is InChI=1S/C22H29N3O3/c1-4-28-21(27)22(12-6-5-7-13-22)23-20(26)19-10-8-18(9-11-19)15-25-17(3)14-16(2)24-25/h8-11,14H,4-7,12-13,15H2,1-3H3,(H,23,26). The lowest BCUT2D eigenvalue weighted by atomic mass is 9.81. The van der Waals surface area contributed by atoms with Crippen LogP contribution in [0.15, 0.2) is 30.3 Å².